The molecule has 0 aromatic heterocycles. The third-order valence-corrected chi connectivity index (χ3v) is 6.15. The molecule has 0 saturated heterocycles. The summed E-state index contributed by atoms with van der Waals surface area (Å²) in [4.78, 5) is 24.1. The number of carbonyl (C=O) groups is 2. The molecule has 1 fully saturated rings. The van der Waals surface area contributed by atoms with Crippen LogP contribution in [0.3, 0.4) is 0 Å². The van der Waals surface area contributed by atoms with Gasteiger partial charge >= 0.3 is 5.97 Å². The Labute approximate surface area is 153 Å². The summed E-state index contributed by atoms with van der Waals surface area (Å²) < 4.78 is 30.3. The maximum Gasteiger partial charge on any atom is 0.338 e. The highest BCUT2D eigenvalue weighted by molar-refractivity contribution is 7.92. The van der Waals surface area contributed by atoms with Crippen LogP contribution in [0.1, 0.15) is 48.5 Å². The van der Waals surface area contributed by atoms with Gasteiger partial charge < -0.3 is 10.1 Å². The molecule has 1 unspecified atom stereocenters. The number of anilines is 1. The van der Waals surface area contributed by atoms with Gasteiger partial charge in [-0.05, 0) is 49.9 Å². The van der Waals surface area contributed by atoms with Crippen molar-refractivity contribution in [3.63, 3.8) is 0 Å². The number of ether oxygens (including phenoxy) is 1. The lowest BCUT2D eigenvalue weighted by Gasteiger charge is -2.21. The molecule has 0 spiro atoms. The quantitative estimate of drug-likeness (QED) is 0.784. The van der Waals surface area contributed by atoms with E-state index in [0.29, 0.717) is 17.7 Å². The first kappa shape index (κ1) is 18.7. The number of fused-ring (bicyclic) bond motifs is 1. The van der Waals surface area contributed by atoms with Crippen LogP contribution in [0.25, 0.3) is 0 Å². The number of benzene rings is 1. The molecule has 1 saturated carbocycles. The van der Waals surface area contributed by atoms with E-state index in [1.165, 1.54) is 16.6 Å². The standard InChI is InChI=1S/C18H24N2O5S/c1-12-9-14-10-13(7-8-16(14)20(12)26(2,23)24)18(22)25-11-17(21)19-15-5-3-4-6-15/h7-8,10,12,15H,3-6,9,11H2,1-2H3,(H,19,21). The van der Waals surface area contributed by atoms with Gasteiger partial charge in [0.15, 0.2) is 6.61 Å². The number of carbonyl (C=O) groups excluding carboxylic acids is 2. The van der Waals surface area contributed by atoms with Crippen LogP contribution in [0.2, 0.25) is 0 Å². The molecule has 0 bridgehead atoms. The van der Waals surface area contributed by atoms with Crippen molar-refractivity contribution in [1.82, 2.24) is 5.32 Å². The minimum Gasteiger partial charge on any atom is -0.452 e. The van der Waals surface area contributed by atoms with Crippen LogP contribution in [0.5, 0.6) is 0 Å². The highest BCUT2D eigenvalue weighted by atomic mass is 32.2. The van der Waals surface area contributed by atoms with Crippen LogP contribution >= 0.6 is 0 Å². The predicted octanol–water partition coefficient (Wildman–Crippen LogP) is 1.61. The third kappa shape index (κ3) is 4.00. The number of hydrogen-bond donors (Lipinski definition) is 1. The van der Waals surface area contributed by atoms with Crippen molar-refractivity contribution in [2.24, 2.45) is 0 Å². The topological polar surface area (TPSA) is 92.8 Å². The molecule has 0 radical (unpaired) electrons. The number of nitrogens with one attached hydrogen (secondary N) is 1. The summed E-state index contributed by atoms with van der Waals surface area (Å²) in [5.41, 5.74) is 1.70. The van der Waals surface area contributed by atoms with Crippen molar-refractivity contribution < 1.29 is 22.7 Å². The number of rotatable bonds is 5. The maximum atomic E-state index is 12.2. The smallest absolute Gasteiger partial charge is 0.338 e. The molecule has 1 amide bonds. The second kappa shape index (κ2) is 7.26. The highest BCUT2D eigenvalue weighted by Gasteiger charge is 2.33. The number of hydrogen-bond acceptors (Lipinski definition) is 5. The summed E-state index contributed by atoms with van der Waals surface area (Å²) >= 11 is 0. The first-order valence-electron chi connectivity index (χ1n) is 8.84. The Balaban J connectivity index is 1.62. The second-order valence-corrected chi connectivity index (χ2v) is 8.94. The van der Waals surface area contributed by atoms with E-state index in [0.717, 1.165) is 31.2 Å². The Bertz CT molecular complexity index is 815. The molecule has 2 aliphatic rings. The average molecular weight is 380 g/mol. The Morgan fingerprint density at radius 1 is 1.27 bits per heavy atom. The molecule has 1 N–H and O–H groups in total. The zero-order chi connectivity index (χ0) is 18.9. The number of amides is 1. The molecule has 8 heteroatoms. The molecular formula is C18H24N2O5S. The fourth-order valence-corrected chi connectivity index (χ4v) is 5.05. The molecule has 1 heterocycles. The third-order valence-electron chi connectivity index (χ3n) is 4.88. The van der Waals surface area contributed by atoms with Crippen molar-refractivity contribution in [3.8, 4) is 0 Å². The molecule has 1 atom stereocenters. The van der Waals surface area contributed by atoms with E-state index < -0.39 is 16.0 Å². The lowest BCUT2D eigenvalue weighted by Crippen LogP contribution is -2.35. The van der Waals surface area contributed by atoms with Crippen LogP contribution in [0.15, 0.2) is 18.2 Å². The zero-order valence-electron chi connectivity index (χ0n) is 15.0. The number of nitrogens with zero attached hydrogens (tertiary/aromatic N) is 1. The lowest BCUT2D eigenvalue weighted by atomic mass is 10.1. The van der Waals surface area contributed by atoms with Crippen LogP contribution in [0.4, 0.5) is 5.69 Å². The molecule has 1 aromatic rings. The van der Waals surface area contributed by atoms with Gasteiger partial charge in [-0.25, -0.2) is 13.2 Å². The Kier molecular flexibility index (Phi) is 5.22. The second-order valence-electron chi connectivity index (χ2n) is 7.08. The van der Waals surface area contributed by atoms with Gasteiger partial charge in [-0.1, -0.05) is 12.8 Å². The average Bonchev–Trinajstić information content (AvgIpc) is 3.17. The summed E-state index contributed by atoms with van der Waals surface area (Å²) in [7, 11) is -3.37. The van der Waals surface area contributed by atoms with E-state index in [1.807, 2.05) is 6.92 Å². The van der Waals surface area contributed by atoms with Gasteiger partial charge in [0.2, 0.25) is 10.0 Å². The molecule has 26 heavy (non-hydrogen) atoms. The molecule has 1 aliphatic heterocycles. The van der Waals surface area contributed by atoms with Crippen molar-refractivity contribution in [1.29, 1.82) is 0 Å². The Morgan fingerprint density at radius 2 is 1.96 bits per heavy atom. The summed E-state index contributed by atoms with van der Waals surface area (Å²) in [6.07, 6.45) is 5.88. The van der Waals surface area contributed by atoms with E-state index in [-0.39, 0.29) is 24.6 Å². The van der Waals surface area contributed by atoms with Crippen LogP contribution < -0.4 is 9.62 Å². The first-order chi connectivity index (χ1) is 12.3. The van der Waals surface area contributed by atoms with Crippen LogP contribution in [0, 0.1) is 0 Å². The first-order valence-corrected chi connectivity index (χ1v) is 10.7. The summed E-state index contributed by atoms with van der Waals surface area (Å²) in [6, 6.07) is 4.79. The van der Waals surface area contributed by atoms with E-state index in [9.17, 15) is 18.0 Å². The Hall–Kier alpha value is -2.09. The van der Waals surface area contributed by atoms with Gasteiger partial charge in [0.05, 0.1) is 17.5 Å². The van der Waals surface area contributed by atoms with Crippen molar-refractivity contribution in [2.45, 2.75) is 51.1 Å². The largest absolute Gasteiger partial charge is 0.452 e. The van der Waals surface area contributed by atoms with Gasteiger partial charge in [-0.3, -0.25) is 9.10 Å². The van der Waals surface area contributed by atoms with E-state index in [2.05, 4.69) is 5.32 Å². The van der Waals surface area contributed by atoms with Crippen molar-refractivity contribution in [3.05, 3.63) is 29.3 Å². The van der Waals surface area contributed by atoms with Gasteiger partial charge in [0, 0.05) is 12.1 Å². The van der Waals surface area contributed by atoms with Gasteiger partial charge in [0.25, 0.3) is 5.91 Å². The molecule has 7 nitrogen and oxygen atoms in total. The fraction of sp³-hybridized carbons (Fsp3) is 0.556. The minimum atomic E-state index is -3.37. The van der Waals surface area contributed by atoms with E-state index in [1.54, 1.807) is 12.1 Å². The SMILES string of the molecule is CC1Cc2cc(C(=O)OCC(=O)NC3CCCC3)ccc2N1S(C)(=O)=O. The zero-order valence-corrected chi connectivity index (χ0v) is 15.8. The molecule has 3 rings (SSSR count). The van der Waals surface area contributed by atoms with Gasteiger partial charge in [-0.15, -0.1) is 0 Å². The van der Waals surface area contributed by atoms with Crippen LogP contribution in [-0.2, 0) is 26.0 Å². The summed E-state index contributed by atoms with van der Waals surface area (Å²) in [5, 5.41) is 2.87. The van der Waals surface area contributed by atoms with Gasteiger partial charge in [0.1, 0.15) is 0 Å². The van der Waals surface area contributed by atoms with Crippen molar-refractivity contribution >= 4 is 27.6 Å². The number of esters is 1. The van der Waals surface area contributed by atoms with E-state index >= 15 is 0 Å². The summed E-state index contributed by atoms with van der Waals surface area (Å²) in [6.45, 7) is 1.52. The summed E-state index contributed by atoms with van der Waals surface area (Å²) in [5.74, 6) is -0.872. The van der Waals surface area contributed by atoms with E-state index in [4.69, 9.17) is 4.74 Å². The van der Waals surface area contributed by atoms with Crippen molar-refractivity contribution in [2.75, 3.05) is 17.2 Å². The Morgan fingerprint density at radius 3 is 2.62 bits per heavy atom. The normalized spacial score (nSPS) is 20.1. The fourth-order valence-electron chi connectivity index (χ4n) is 3.79. The maximum absolute atomic E-state index is 12.2. The molecule has 142 valence electrons. The van der Waals surface area contributed by atoms with Crippen LogP contribution in [-0.4, -0.2) is 45.2 Å². The minimum absolute atomic E-state index is 0.185. The molecule has 1 aliphatic carbocycles. The monoisotopic (exact) mass is 380 g/mol. The molecule has 1 aromatic carbocycles. The van der Waals surface area contributed by atoms with Gasteiger partial charge in [-0.2, -0.15) is 0 Å². The highest BCUT2D eigenvalue weighted by Crippen LogP contribution is 2.34. The predicted molar refractivity (Wildman–Crippen MR) is 97.6 cm³/mol. The molecular weight excluding hydrogens is 356 g/mol. The number of sulfonamides is 1. The lowest BCUT2D eigenvalue weighted by molar-refractivity contribution is -0.124.